The smallest absolute Gasteiger partial charge is 0.303 e. The molecule has 0 saturated heterocycles. The molecule has 0 bridgehead atoms. The number of hydrogen-bond donors (Lipinski definition) is 2. The Bertz CT molecular complexity index is 467. The molecular formula is C22H36O4. The van der Waals surface area contributed by atoms with Gasteiger partial charge >= 0.3 is 5.97 Å². The van der Waals surface area contributed by atoms with Crippen molar-refractivity contribution in [3.05, 3.63) is 24.3 Å². The molecule has 0 aromatic rings. The standard InChI is InChI=1S/C22H36O4/c1-2-3-4-5-8-11-19(23)16-14-18-15-17-21(24)20(18)12-9-6-7-10-13-22(25)26/h6-7,14,16,18-20,23H,2-5,8-13,15,17H2,1H3,(H,25,26)/b7-6?,16-14+/t18-,19?,20-/m0/s1. The number of allylic oxidation sites excluding steroid dienone is 3. The van der Waals surface area contributed by atoms with Crippen LogP contribution < -0.4 is 0 Å². The van der Waals surface area contributed by atoms with Crippen LogP contribution in [0.4, 0.5) is 0 Å². The summed E-state index contributed by atoms with van der Waals surface area (Å²) in [5, 5.41) is 18.7. The highest BCUT2D eigenvalue weighted by molar-refractivity contribution is 5.83. The highest BCUT2D eigenvalue weighted by Crippen LogP contribution is 2.33. The first kappa shape index (κ1) is 22.6. The van der Waals surface area contributed by atoms with Crippen molar-refractivity contribution in [3.8, 4) is 0 Å². The van der Waals surface area contributed by atoms with Crippen LogP contribution in [0.2, 0.25) is 0 Å². The number of carboxylic acid groups (broad SMARTS) is 1. The molecule has 0 radical (unpaired) electrons. The zero-order valence-corrected chi connectivity index (χ0v) is 16.2. The van der Waals surface area contributed by atoms with E-state index in [1.165, 1.54) is 25.7 Å². The van der Waals surface area contributed by atoms with Gasteiger partial charge in [0.1, 0.15) is 5.78 Å². The molecule has 4 nitrogen and oxygen atoms in total. The summed E-state index contributed by atoms with van der Waals surface area (Å²) in [5.41, 5.74) is 0. The molecule has 148 valence electrons. The maximum atomic E-state index is 12.1. The van der Waals surface area contributed by atoms with E-state index in [4.69, 9.17) is 5.11 Å². The van der Waals surface area contributed by atoms with Crippen LogP contribution in [0.3, 0.4) is 0 Å². The minimum absolute atomic E-state index is 0.0483. The minimum Gasteiger partial charge on any atom is -0.481 e. The molecule has 1 aliphatic carbocycles. The van der Waals surface area contributed by atoms with Crippen molar-refractivity contribution in [1.29, 1.82) is 0 Å². The second-order valence-electron chi connectivity index (χ2n) is 7.41. The lowest BCUT2D eigenvalue weighted by atomic mass is 9.90. The number of unbranched alkanes of at least 4 members (excludes halogenated alkanes) is 4. The van der Waals surface area contributed by atoms with Gasteiger partial charge in [-0.2, -0.15) is 0 Å². The average molecular weight is 365 g/mol. The number of carboxylic acids is 1. The van der Waals surface area contributed by atoms with Gasteiger partial charge in [0, 0.05) is 18.8 Å². The summed E-state index contributed by atoms with van der Waals surface area (Å²) < 4.78 is 0. The molecule has 1 rings (SSSR count). The molecule has 0 spiro atoms. The van der Waals surface area contributed by atoms with Crippen LogP contribution in [0.5, 0.6) is 0 Å². The lowest BCUT2D eigenvalue weighted by Gasteiger charge is -2.14. The Labute approximate surface area is 158 Å². The summed E-state index contributed by atoms with van der Waals surface area (Å²) >= 11 is 0. The lowest BCUT2D eigenvalue weighted by molar-refractivity contribution is -0.136. The molecule has 26 heavy (non-hydrogen) atoms. The van der Waals surface area contributed by atoms with Crippen molar-refractivity contribution in [3.63, 3.8) is 0 Å². The highest BCUT2D eigenvalue weighted by atomic mass is 16.4. The second kappa shape index (κ2) is 13.7. The van der Waals surface area contributed by atoms with Crippen molar-refractivity contribution >= 4 is 11.8 Å². The summed E-state index contributed by atoms with van der Waals surface area (Å²) in [4.78, 5) is 22.6. The van der Waals surface area contributed by atoms with Crippen LogP contribution in [0.25, 0.3) is 0 Å². The number of aliphatic carboxylic acids is 1. The van der Waals surface area contributed by atoms with Crippen LogP contribution in [-0.2, 0) is 9.59 Å². The number of rotatable bonds is 14. The zero-order valence-electron chi connectivity index (χ0n) is 16.2. The van der Waals surface area contributed by atoms with Crippen molar-refractivity contribution in [2.45, 2.75) is 90.1 Å². The number of Topliss-reactive ketones (excluding diaryl/α,β-unsaturated/α-hetero) is 1. The predicted octanol–water partition coefficient (Wildman–Crippen LogP) is 5.06. The summed E-state index contributed by atoms with van der Waals surface area (Å²) in [5.74, 6) is -0.167. The number of carbonyl (C=O) groups is 2. The average Bonchev–Trinajstić information content (AvgIpc) is 2.95. The van der Waals surface area contributed by atoms with Gasteiger partial charge in [-0.3, -0.25) is 9.59 Å². The molecule has 0 aliphatic heterocycles. The Balaban J connectivity index is 2.30. The van der Waals surface area contributed by atoms with E-state index >= 15 is 0 Å². The Kier molecular flexibility index (Phi) is 12.0. The Hall–Kier alpha value is -1.42. The van der Waals surface area contributed by atoms with Gasteiger partial charge in [0.2, 0.25) is 0 Å². The molecule has 0 heterocycles. The fraction of sp³-hybridized carbons (Fsp3) is 0.727. The van der Waals surface area contributed by atoms with Gasteiger partial charge in [-0.05, 0) is 38.0 Å². The highest BCUT2D eigenvalue weighted by Gasteiger charge is 2.32. The maximum Gasteiger partial charge on any atom is 0.303 e. The minimum atomic E-state index is -0.783. The van der Waals surface area contributed by atoms with Gasteiger partial charge in [-0.25, -0.2) is 0 Å². The van der Waals surface area contributed by atoms with Gasteiger partial charge in [0.25, 0.3) is 0 Å². The fourth-order valence-corrected chi connectivity index (χ4v) is 3.58. The first-order valence-corrected chi connectivity index (χ1v) is 10.3. The molecule has 2 N–H and O–H groups in total. The predicted molar refractivity (Wildman–Crippen MR) is 105 cm³/mol. The van der Waals surface area contributed by atoms with Crippen LogP contribution in [0.15, 0.2) is 24.3 Å². The molecular weight excluding hydrogens is 328 g/mol. The molecule has 3 atom stereocenters. The molecule has 1 aliphatic rings. The first-order chi connectivity index (χ1) is 12.5. The largest absolute Gasteiger partial charge is 0.481 e. The molecule has 1 fully saturated rings. The number of carbonyl (C=O) groups excluding carboxylic acids is 1. The number of hydrogen-bond acceptors (Lipinski definition) is 3. The van der Waals surface area contributed by atoms with Crippen LogP contribution in [0, 0.1) is 11.8 Å². The van der Waals surface area contributed by atoms with Gasteiger partial charge in [0.05, 0.1) is 6.10 Å². The van der Waals surface area contributed by atoms with Crippen molar-refractivity contribution in [2.75, 3.05) is 0 Å². The van der Waals surface area contributed by atoms with Crippen molar-refractivity contribution in [1.82, 2.24) is 0 Å². The SMILES string of the molecule is CCCCCCCC(O)/C=C/[C@H]1CCC(=O)[C@H]1CCC=CCCC(=O)O. The molecule has 1 saturated carbocycles. The summed E-state index contributed by atoms with van der Waals surface area (Å²) in [6.07, 6.45) is 18.0. The zero-order chi connectivity index (χ0) is 19.2. The Morgan fingerprint density at radius 3 is 2.65 bits per heavy atom. The summed E-state index contributed by atoms with van der Waals surface area (Å²) in [7, 11) is 0. The number of aliphatic hydroxyl groups is 1. The Morgan fingerprint density at radius 1 is 1.19 bits per heavy atom. The van der Waals surface area contributed by atoms with E-state index in [1.807, 2.05) is 18.2 Å². The maximum absolute atomic E-state index is 12.1. The third-order valence-corrected chi connectivity index (χ3v) is 5.17. The van der Waals surface area contributed by atoms with Crippen LogP contribution in [-0.4, -0.2) is 28.1 Å². The monoisotopic (exact) mass is 364 g/mol. The molecule has 4 heteroatoms. The van der Waals surface area contributed by atoms with E-state index in [1.54, 1.807) is 0 Å². The van der Waals surface area contributed by atoms with Crippen molar-refractivity contribution in [2.24, 2.45) is 11.8 Å². The topological polar surface area (TPSA) is 74.6 Å². The van der Waals surface area contributed by atoms with E-state index in [2.05, 4.69) is 13.0 Å². The second-order valence-corrected chi connectivity index (χ2v) is 7.41. The summed E-state index contributed by atoms with van der Waals surface area (Å²) in [6.45, 7) is 2.20. The quantitative estimate of drug-likeness (QED) is 0.334. The number of aliphatic hydroxyl groups excluding tert-OH is 1. The molecule has 0 amide bonds. The Morgan fingerprint density at radius 2 is 1.92 bits per heavy atom. The van der Waals surface area contributed by atoms with Gasteiger partial charge < -0.3 is 10.2 Å². The third-order valence-electron chi connectivity index (χ3n) is 5.17. The van der Waals surface area contributed by atoms with Crippen LogP contribution in [0.1, 0.15) is 84.0 Å². The molecule has 0 aromatic carbocycles. The van der Waals surface area contributed by atoms with Gasteiger partial charge in [-0.15, -0.1) is 0 Å². The molecule has 0 aromatic heterocycles. The number of ketones is 1. The van der Waals surface area contributed by atoms with E-state index < -0.39 is 12.1 Å². The van der Waals surface area contributed by atoms with Gasteiger partial charge in [0.15, 0.2) is 0 Å². The normalized spacial score (nSPS) is 21.8. The first-order valence-electron chi connectivity index (χ1n) is 10.3. The van der Waals surface area contributed by atoms with Crippen molar-refractivity contribution < 1.29 is 19.8 Å². The lowest BCUT2D eigenvalue weighted by Crippen LogP contribution is -2.13. The van der Waals surface area contributed by atoms with E-state index in [9.17, 15) is 14.7 Å². The third kappa shape index (κ3) is 9.91. The van der Waals surface area contributed by atoms with E-state index in [0.29, 0.717) is 18.6 Å². The summed E-state index contributed by atoms with van der Waals surface area (Å²) in [6, 6.07) is 0. The fourth-order valence-electron chi connectivity index (χ4n) is 3.58. The van der Waals surface area contributed by atoms with E-state index in [-0.39, 0.29) is 18.3 Å². The van der Waals surface area contributed by atoms with Gasteiger partial charge in [-0.1, -0.05) is 63.3 Å². The molecule has 1 unspecified atom stereocenters. The van der Waals surface area contributed by atoms with Crippen LogP contribution >= 0.6 is 0 Å². The van der Waals surface area contributed by atoms with E-state index in [0.717, 1.165) is 32.1 Å².